The molecular formula is C26H21N3O2. The summed E-state index contributed by atoms with van der Waals surface area (Å²) in [5.74, 6) is 1.02. The highest BCUT2D eigenvalue weighted by atomic mass is 16.5. The van der Waals surface area contributed by atoms with Crippen LogP contribution in [0.25, 0.3) is 27.6 Å². The molecule has 0 radical (unpaired) electrons. The zero-order valence-corrected chi connectivity index (χ0v) is 17.1. The van der Waals surface area contributed by atoms with Crippen molar-refractivity contribution in [1.29, 1.82) is 0 Å². The van der Waals surface area contributed by atoms with Gasteiger partial charge in [0.2, 0.25) is 11.8 Å². The minimum absolute atomic E-state index is 0.176. The lowest BCUT2D eigenvalue weighted by Gasteiger charge is -2.19. The van der Waals surface area contributed by atoms with E-state index in [1.807, 2.05) is 53.6 Å². The third-order valence-corrected chi connectivity index (χ3v) is 5.28. The van der Waals surface area contributed by atoms with E-state index in [1.54, 1.807) is 0 Å². The molecule has 0 bridgehead atoms. The van der Waals surface area contributed by atoms with Gasteiger partial charge in [-0.1, -0.05) is 72.8 Å². The summed E-state index contributed by atoms with van der Waals surface area (Å²) >= 11 is 0. The largest absolute Gasteiger partial charge is 0.456 e. The molecule has 1 N–H and O–H groups in total. The van der Waals surface area contributed by atoms with Gasteiger partial charge in [0, 0.05) is 24.2 Å². The van der Waals surface area contributed by atoms with E-state index in [0.29, 0.717) is 5.88 Å². The van der Waals surface area contributed by atoms with Crippen molar-refractivity contribution >= 4 is 28.2 Å². The average Bonchev–Trinajstić information content (AvgIpc) is 3.22. The molecule has 1 aliphatic heterocycles. The van der Waals surface area contributed by atoms with Crippen LogP contribution in [0.5, 0.6) is 0 Å². The number of carbonyl (C=O) groups excluding carboxylic acids is 1. The first-order valence-corrected chi connectivity index (χ1v) is 10.1. The highest BCUT2D eigenvalue weighted by molar-refractivity contribution is 5.96. The Morgan fingerprint density at radius 1 is 0.903 bits per heavy atom. The standard InChI is InChI=1S/C26H21N3O2/c1-18(30)28-26-25(20-9-3-2-4-10-20)29(17-31-26)24-15-14-21(16-27-24)23-13-7-11-19-8-5-6-12-22(19)23/h2-16H,17H2,1H3,(H,28,30). The van der Waals surface area contributed by atoms with Crippen LogP contribution in [0.1, 0.15) is 12.5 Å². The van der Waals surface area contributed by atoms with Crippen molar-refractivity contribution in [2.24, 2.45) is 0 Å². The SMILES string of the molecule is CC(=O)NC1=C(c2ccccc2)N(c2ccc(-c3cccc4ccccc34)cn2)CO1. The molecule has 152 valence electrons. The first-order valence-electron chi connectivity index (χ1n) is 10.1. The van der Waals surface area contributed by atoms with E-state index in [2.05, 4.69) is 47.8 Å². The Labute approximate surface area is 180 Å². The summed E-state index contributed by atoms with van der Waals surface area (Å²) in [6, 6.07) is 28.5. The Morgan fingerprint density at radius 3 is 2.45 bits per heavy atom. The molecule has 5 nitrogen and oxygen atoms in total. The maximum atomic E-state index is 11.7. The van der Waals surface area contributed by atoms with Gasteiger partial charge in [-0.3, -0.25) is 15.0 Å². The lowest BCUT2D eigenvalue weighted by atomic mass is 9.99. The molecule has 1 amide bonds. The topological polar surface area (TPSA) is 54.5 Å². The Hall–Kier alpha value is -4.12. The van der Waals surface area contributed by atoms with Crippen LogP contribution >= 0.6 is 0 Å². The van der Waals surface area contributed by atoms with Crippen molar-refractivity contribution in [3.63, 3.8) is 0 Å². The predicted molar refractivity (Wildman–Crippen MR) is 123 cm³/mol. The van der Waals surface area contributed by atoms with Gasteiger partial charge in [0.25, 0.3) is 0 Å². The van der Waals surface area contributed by atoms with Gasteiger partial charge in [-0.25, -0.2) is 4.98 Å². The number of nitrogens with zero attached hydrogens (tertiary/aromatic N) is 2. The van der Waals surface area contributed by atoms with Crippen molar-refractivity contribution < 1.29 is 9.53 Å². The second kappa shape index (κ2) is 7.95. The van der Waals surface area contributed by atoms with Gasteiger partial charge in [-0.05, 0) is 28.5 Å². The smallest absolute Gasteiger partial charge is 0.223 e. The highest BCUT2D eigenvalue weighted by Crippen LogP contribution is 2.34. The van der Waals surface area contributed by atoms with Crippen LogP contribution in [-0.4, -0.2) is 17.6 Å². The number of rotatable bonds is 4. The zero-order chi connectivity index (χ0) is 21.2. The number of anilines is 1. The zero-order valence-electron chi connectivity index (χ0n) is 17.1. The normalized spacial score (nSPS) is 13.4. The van der Waals surface area contributed by atoms with Gasteiger partial charge in [0.05, 0.1) is 0 Å². The van der Waals surface area contributed by atoms with Gasteiger partial charge in [0.15, 0.2) is 6.73 Å². The minimum Gasteiger partial charge on any atom is -0.456 e. The van der Waals surface area contributed by atoms with Crippen LogP contribution in [0.3, 0.4) is 0 Å². The first-order chi connectivity index (χ1) is 15.2. The molecule has 0 saturated carbocycles. The third-order valence-electron chi connectivity index (χ3n) is 5.28. The first kappa shape index (κ1) is 18.9. The lowest BCUT2D eigenvalue weighted by Crippen LogP contribution is -2.21. The van der Waals surface area contributed by atoms with Crippen LogP contribution in [-0.2, 0) is 9.53 Å². The van der Waals surface area contributed by atoms with Crippen molar-refractivity contribution in [1.82, 2.24) is 10.3 Å². The molecule has 0 saturated heterocycles. The van der Waals surface area contributed by atoms with E-state index < -0.39 is 0 Å². The van der Waals surface area contributed by atoms with Gasteiger partial charge >= 0.3 is 0 Å². The molecule has 4 aromatic rings. The molecule has 3 aromatic carbocycles. The molecule has 1 aliphatic rings. The van der Waals surface area contributed by atoms with Gasteiger partial charge in [-0.2, -0.15) is 0 Å². The second-order valence-corrected chi connectivity index (χ2v) is 7.36. The monoisotopic (exact) mass is 407 g/mol. The summed E-state index contributed by atoms with van der Waals surface area (Å²) in [5.41, 5.74) is 3.94. The number of fused-ring (bicyclic) bond motifs is 1. The van der Waals surface area contributed by atoms with E-state index in [1.165, 1.54) is 17.7 Å². The van der Waals surface area contributed by atoms with Crippen LogP contribution in [0.4, 0.5) is 5.82 Å². The number of benzene rings is 3. The van der Waals surface area contributed by atoms with Gasteiger partial charge < -0.3 is 4.74 Å². The number of carbonyl (C=O) groups is 1. The number of hydrogen-bond donors (Lipinski definition) is 1. The van der Waals surface area contributed by atoms with Crippen molar-refractivity contribution in [2.45, 2.75) is 6.92 Å². The number of ether oxygens (including phenoxy) is 1. The molecule has 2 heterocycles. The molecule has 0 unspecified atom stereocenters. The fraction of sp³-hybridized carbons (Fsp3) is 0.0769. The fourth-order valence-corrected chi connectivity index (χ4v) is 3.89. The third kappa shape index (κ3) is 3.62. The Bertz CT molecular complexity index is 1280. The second-order valence-electron chi connectivity index (χ2n) is 7.36. The van der Waals surface area contributed by atoms with Crippen molar-refractivity contribution in [3.8, 4) is 11.1 Å². The van der Waals surface area contributed by atoms with E-state index in [-0.39, 0.29) is 12.6 Å². The fourth-order valence-electron chi connectivity index (χ4n) is 3.89. The van der Waals surface area contributed by atoms with Crippen LogP contribution in [0, 0.1) is 0 Å². The number of amides is 1. The summed E-state index contributed by atoms with van der Waals surface area (Å²) in [4.78, 5) is 18.4. The number of pyridine rings is 1. The molecule has 1 aromatic heterocycles. The number of hydrogen-bond acceptors (Lipinski definition) is 4. The van der Waals surface area contributed by atoms with E-state index >= 15 is 0 Å². The molecule has 0 atom stereocenters. The highest BCUT2D eigenvalue weighted by Gasteiger charge is 2.28. The average molecular weight is 407 g/mol. The molecule has 0 fully saturated rings. The Kier molecular flexibility index (Phi) is 4.84. The molecule has 31 heavy (non-hydrogen) atoms. The Balaban J connectivity index is 1.53. The molecule has 0 spiro atoms. The molecular weight excluding hydrogens is 386 g/mol. The molecule has 5 heteroatoms. The van der Waals surface area contributed by atoms with Crippen LogP contribution < -0.4 is 10.2 Å². The van der Waals surface area contributed by atoms with Crippen LogP contribution in [0.2, 0.25) is 0 Å². The quantitative estimate of drug-likeness (QED) is 0.508. The van der Waals surface area contributed by atoms with E-state index in [4.69, 9.17) is 9.72 Å². The summed E-state index contributed by atoms with van der Waals surface area (Å²) < 4.78 is 5.80. The van der Waals surface area contributed by atoms with Gasteiger partial charge in [0.1, 0.15) is 11.5 Å². The summed E-state index contributed by atoms with van der Waals surface area (Å²) in [6.07, 6.45) is 1.89. The van der Waals surface area contributed by atoms with Gasteiger partial charge in [-0.15, -0.1) is 0 Å². The predicted octanol–water partition coefficient (Wildman–Crippen LogP) is 5.16. The van der Waals surface area contributed by atoms with Crippen molar-refractivity contribution in [3.05, 3.63) is 103 Å². The lowest BCUT2D eigenvalue weighted by molar-refractivity contribution is -0.119. The summed E-state index contributed by atoms with van der Waals surface area (Å²) in [7, 11) is 0. The molecule has 5 rings (SSSR count). The minimum atomic E-state index is -0.176. The van der Waals surface area contributed by atoms with Crippen LogP contribution in [0.15, 0.2) is 97.0 Å². The van der Waals surface area contributed by atoms with E-state index in [9.17, 15) is 4.79 Å². The number of nitrogens with one attached hydrogen (secondary N) is 1. The Morgan fingerprint density at radius 2 is 1.68 bits per heavy atom. The summed E-state index contributed by atoms with van der Waals surface area (Å²) in [6.45, 7) is 1.75. The maximum Gasteiger partial charge on any atom is 0.223 e. The van der Waals surface area contributed by atoms with E-state index in [0.717, 1.165) is 28.2 Å². The summed E-state index contributed by atoms with van der Waals surface area (Å²) in [5, 5.41) is 5.19. The molecule has 0 aliphatic carbocycles. The van der Waals surface area contributed by atoms with Crippen molar-refractivity contribution in [2.75, 3.05) is 11.6 Å². The maximum absolute atomic E-state index is 11.7. The number of aromatic nitrogens is 1.